The molecule has 0 spiro atoms. The summed E-state index contributed by atoms with van der Waals surface area (Å²) in [6, 6.07) is 16.7. The summed E-state index contributed by atoms with van der Waals surface area (Å²) in [6.07, 6.45) is 0. The molecule has 3 rings (SSSR count). The van der Waals surface area contributed by atoms with Crippen molar-refractivity contribution >= 4 is 29.2 Å². The van der Waals surface area contributed by atoms with Crippen molar-refractivity contribution in [2.24, 2.45) is 0 Å². The van der Waals surface area contributed by atoms with Crippen LogP contribution >= 0.6 is 11.6 Å². The van der Waals surface area contributed by atoms with Crippen LogP contribution in [0.25, 0.3) is 0 Å². The van der Waals surface area contributed by atoms with Gasteiger partial charge in [-0.05, 0) is 54.1 Å². The fraction of sp³-hybridized carbons (Fsp3) is 0.200. The molecule has 8 nitrogen and oxygen atoms in total. The van der Waals surface area contributed by atoms with Crippen LogP contribution in [-0.2, 0) is 16.1 Å². The van der Waals surface area contributed by atoms with Crippen molar-refractivity contribution in [1.29, 1.82) is 0 Å². The van der Waals surface area contributed by atoms with Gasteiger partial charge in [-0.1, -0.05) is 23.7 Å². The first-order valence-electron chi connectivity index (χ1n) is 10.2. The highest BCUT2D eigenvalue weighted by Gasteiger charge is 2.15. The summed E-state index contributed by atoms with van der Waals surface area (Å²) in [7, 11) is 4.49. The number of benzene rings is 3. The van der Waals surface area contributed by atoms with E-state index in [1.165, 1.54) is 32.4 Å². The van der Waals surface area contributed by atoms with E-state index >= 15 is 0 Å². The van der Waals surface area contributed by atoms with Gasteiger partial charge in [-0.2, -0.15) is 0 Å². The van der Waals surface area contributed by atoms with Crippen molar-refractivity contribution in [3.05, 3.63) is 76.8 Å². The number of esters is 1. The quantitative estimate of drug-likeness (QED) is 0.414. The summed E-state index contributed by atoms with van der Waals surface area (Å²) in [5.41, 5.74) is 1.49. The van der Waals surface area contributed by atoms with Crippen LogP contribution in [0.1, 0.15) is 15.9 Å². The van der Waals surface area contributed by atoms with Gasteiger partial charge in [0, 0.05) is 5.02 Å². The molecule has 0 atom stereocenters. The molecule has 0 aliphatic heterocycles. The first kappa shape index (κ1) is 24.7. The SMILES string of the molecule is COc1cccc(COC(=O)c2ccc(OCC(=O)Nc3cc(Cl)ccc3OC)c(OC)c2)c1. The monoisotopic (exact) mass is 485 g/mol. The lowest BCUT2D eigenvalue weighted by Crippen LogP contribution is -2.20. The molecule has 0 radical (unpaired) electrons. The highest BCUT2D eigenvalue weighted by molar-refractivity contribution is 6.31. The molecule has 0 fully saturated rings. The van der Waals surface area contributed by atoms with Crippen molar-refractivity contribution in [3.63, 3.8) is 0 Å². The predicted octanol–water partition coefficient (Wildman–Crippen LogP) is 4.74. The van der Waals surface area contributed by atoms with Gasteiger partial charge in [0.05, 0.1) is 32.6 Å². The molecule has 0 saturated heterocycles. The Morgan fingerprint density at radius 1 is 0.853 bits per heavy atom. The molecule has 1 N–H and O–H groups in total. The van der Waals surface area contributed by atoms with Gasteiger partial charge in [0.1, 0.15) is 18.1 Å². The van der Waals surface area contributed by atoms with E-state index in [0.717, 1.165) is 5.56 Å². The van der Waals surface area contributed by atoms with Crippen molar-refractivity contribution in [1.82, 2.24) is 0 Å². The summed E-state index contributed by atoms with van der Waals surface area (Å²) in [5.74, 6) is 0.758. The van der Waals surface area contributed by atoms with Crippen molar-refractivity contribution in [3.8, 4) is 23.0 Å². The third kappa shape index (κ3) is 6.55. The van der Waals surface area contributed by atoms with Crippen LogP contribution in [0.2, 0.25) is 5.02 Å². The van der Waals surface area contributed by atoms with Gasteiger partial charge in [0.15, 0.2) is 18.1 Å². The standard InChI is InChI=1S/C25H24ClNO7/c1-30-19-6-4-5-16(11-19)14-34-25(29)17-7-9-22(23(12-17)32-3)33-15-24(28)27-20-13-18(26)8-10-21(20)31-2/h4-13H,14-15H2,1-3H3,(H,27,28). The first-order valence-corrected chi connectivity index (χ1v) is 10.6. The van der Waals surface area contributed by atoms with E-state index < -0.39 is 11.9 Å². The van der Waals surface area contributed by atoms with E-state index in [0.29, 0.717) is 28.0 Å². The van der Waals surface area contributed by atoms with Gasteiger partial charge in [-0.15, -0.1) is 0 Å². The third-order valence-electron chi connectivity index (χ3n) is 4.70. The second-order valence-corrected chi connectivity index (χ2v) is 7.41. The zero-order valence-corrected chi connectivity index (χ0v) is 19.7. The Bertz CT molecular complexity index is 1170. The molecule has 34 heavy (non-hydrogen) atoms. The van der Waals surface area contributed by atoms with Gasteiger partial charge in [0.25, 0.3) is 5.91 Å². The Labute approximate surface area is 202 Å². The van der Waals surface area contributed by atoms with Crippen molar-refractivity contribution in [2.75, 3.05) is 33.3 Å². The molecule has 3 aromatic rings. The van der Waals surface area contributed by atoms with Crippen LogP contribution in [0, 0.1) is 0 Å². The lowest BCUT2D eigenvalue weighted by molar-refractivity contribution is -0.118. The van der Waals surface area contributed by atoms with Crippen molar-refractivity contribution < 1.29 is 33.3 Å². The Morgan fingerprint density at radius 3 is 2.35 bits per heavy atom. The highest BCUT2D eigenvalue weighted by atomic mass is 35.5. The molecule has 3 aromatic carbocycles. The van der Waals surface area contributed by atoms with E-state index in [1.54, 1.807) is 37.4 Å². The second-order valence-electron chi connectivity index (χ2n) is 6.97. The molecule has 9 heteroatoms. The van der Waals surface area contributed by atoms with Gasteiger partial charge in [-0.3, -0.25) is 4.79 Å². The Kier molecular flexibility index (Phi) is 8.59. The number of amides is 1. The number of anilines is 1. The second kappa shape index (κ2) is 11.8. The fourth-order valence-electron chi connectivity index (χ4n) is 3.02. The molecule has 0 unspecified atom stereocenters. The molecule has 178 valence electrons. The third-order valence-corrected chi connectivity index (χ3v) is 4.93. The van der Waals surface area contributed by atoms with Crippen LogP contribution in [0.5, 0.6) is 23.0 Å². The molecule has 0 saturated carbocycles. The summed E-state index contributed by atoms with van der Waals surface area (Å²) in [4.78, 5) is 24.8. The number of rotatable bonds is 10. The van der Waals surface area contributed by atoms with E-state index in [-0.39, 0.29) is 24.5 Å². The maximum atomic E-state index is 12.5. The summed E-state index contributed by atoms with van der Waals surface area (Å²) < 4.78 is 26.6. The molecular weight excluding hydrogens is 462 g/mol. The summed E-state index contributed by atoms with van der Waals surface area (Å²) >= 11 is 5.98. The summed E-state index contributed by atoms with van der Waals surface area (Å²) in [6.45, 7) is -0.213. The zero-order chi connectivity index (χ0) is 24.5. The smallest absolute Gasteiger partial charge is 0.338 e. The zero-order valence-electron chi connectivity index (χ0n) is 18.9. The number of methoxy groups -OCH3 is 3. The minimum Gasteiger partial charge on any atom is -0.497 e. The number of ether oxygens (including phenoxy) is 5. The number of hydrogen-bond donors (Lipinski definition) is 1. The molecule has 0 aliphatic carbocycles. The average molecular weight is 486 g/mol. The summed E-state index contributed by atoms with van der Waals surface area (Å²) in [5, 5.41) is 3.13. The average Bonchev–Trinajstić information content (AvgIpc) is 2.86. The molecular formula is C25H24ClNO7. The normalized spacial score (nSPS) is 10.2. The minimum atomic E-state index is -0.529. The van der Waals surface area contributed by atoms with Gasteiger partial charge < -0.3 is 29.0 Å². The Hall–Kier alpha value is -3.91. The van der Waals surface area contributed by atoms with Gasteiger partial charge in [-0.25, -0.2) is 4.79 Å². The van der Waals surface area contributed by atoms with Gasteiger partial charge in [0.2, 0.25) is 0 Å². The Morgan fingerprint density at radius 2 is 1.62 bits per heavy atom. The van der Waals surface area contributed by atoms with Crippen LogP contribution in [0.4, 0.5) is 5.69 Å². The molecule has 0 heterocycles. The number of nitrogens with one attached hydrogen (secondary N) is 1. The molecule has 0 bridgehead atoms. The topological polar surface area (TPSA) is 92.3 Å². The van der Waals surface area contributed by atoms with Crippen LogP contribution < -0.4 is 24.3 Å². The highest BCUT2D eigenvalue weighted by Crippen LogP contribution is 2.30. The lowest BCUT2D eigenvalue weighted by atomic mass is 10.2. The fourth-order valence-corrected chi connectivity index (χ4v) is 3.19. The van der Waals surface area contributed by atoms with Crippen LogP contribution in [0.15, 0.2) is 60.7 Å². The molecule has 0 aromatic heterocycles. The van der Waals surface area contributed by atoms with Crippen molar-refractivity contribution in [2.45, 2.75) is 6.61 Å². The number of carbonyl (C=O) groups excluding carboxylic acids is 2. The number of halogens is 1. The minimum absolute atomic E-state index is 0.0870. The van der Waals surface area contributed by atoms with E-state index in [2.05, 4.69) is 5.32 Å². The molecule has 0 aliphatic rings. The maximum absolute atomic E-state index is 12.5. The largest absolute Gasteiger partial charge is 0.497 e. The first-order chi connectivity index (χ1) is 16.4. The van der Waals surface area contributed by atoms with Gasteiger partial charge >= 0.3 is 5.97 Å². The van der Waals surface area contributed by atoms with Crippen LogP contribution in [-0.4, -0.2) is 39.8 Å². The number of hydrogen-bond acceptors (Lipinski definition) is 7. The number of carbonyl (C=O) groups is 2. The van der Waals surface area contributed by atoms with Crippen LogP contribution in [0.3, 0.4) is 0 Å². The van der Waals surface area contributed by atoms with E-state index in [9.17, 15) is 9.59 Å². The molecule has 1 amide bonds. The Balaban J connectivity index is 1.60. The van der Waals surface area contributed by atoms with E-state index in [1.807, 2.05) is 12.1 Å². The van der Waals surface area contributed by atoms with E-state index in [4.69, 9.17) is 35.3 Å². The lowest BCUT2D eigenvalue weighted by Gasteiger charge is -2.13. The maximum Gasteiger partial charge on any atom is 0.338 e. The predicted molar refractivity (Wildman–Crippen MR) is 127 cm³/mol.